The van der Waals surface area contributed by atoms with Gasteiger partial charge in [-0.3, -0.25) is 11.3 Å². The predicted octanol–water partition coefficient (Wildman–Crippen LogP) is 2.33. The summed E-state index contributed by atoms with van der Waals surface area (Å²) in [6.45, 7) is 0. The number of aromatic nitrogens is 2. The smallest absolute Gasteiger partial charge is 0.143 e. The van der Waals surface area contributed by atoms with E-state index in [1.54, 1.807) is 0 Å². The predicted molar refractivity (Wildman–Crippen MR) is 67.7 cm³/mol. The third kappa shape index (κ3) is 2.72. The number of hydrazine groups is 1. The Morgan fingerprint density at radius 2 is 2.22 bits per heavy atom. The summed E-state index contributed by atoms with van der Waals surface area (Å²) in [6, 6.07) is 2.04. The van der Waals surface area contributed by atoms with Crippen LogP contribution in [-0.4, -0.2) is 8.75 Å². The number of rotatable bonds is 4. The standard InChI is InChI=1S/C10H9BrF2N4S/c11-6-1-2-7(12)5(10(6)13)3-8(16-14)9-4-15-18-17-9/h1-2,4,8,16H,3,14H2. The Balaban J connectivity index is 2.30. The molecule has 3 N–H and O–H groups in total. The monoisotopic (exact) mass is 334 g/mol. The Hall–Kier alpha value is -0.960. The van der Waals surface area contributed by atoms with Gasteiger partial charge in [-0.2, -0.15) is 8.75 Å². The first kappa shape index (κ1) is 13.5. The van der Waals surface area contributed by atoms with Crippen molar-refractivity contribution in [3.63, 3.8) is 0 Å². The highest BCUT2D eigenvalue weighted by atomic mass is 79.9. The molecule has 8 heteroatoms. The molecule has 0 saturated carbocycles. The van der Waals surface area contributed by atoms with Crippen molar-refractivity contribution in [3.8, 4) is 0 Å². The quantitative estimate of drug-likeness (QED) is 0.511. The molecule has 0 radical (unpaired) electrons. The van der Waals surface area contributed by atoms with Crippen LogP contribution in [0.2, 0.25) is 0 Å². The van der Waals surface area contributed by atoms with E-state index < -0.39 is 17.7 Å². The first-order valence-corrected chi connectivity index (χ1v) is 6.51. The number of benzene rings is 1. The summed E-state index contributed by atoms with van der Waals surface area (Å²) in [5.41, 5.74) is 3.00. The lowest BCUT2D eigenvalue weighted by atomic mass is 10.0. The molecule has 0 bridgehead atoms. The van der Waals surface area contributed by atoms with Gasteiger partial charge in [0.15, 0.2) is 0 Å². The average molecular weight is 335 g/mol. The zero-order valence-electron chi connectivity index (χ0n) is 9.03. The van der Waals surface area contributed by atoms with Crippen molar-refractivity contribution in [2.24, 2.45) is 5.84 Å². The molecule has 0 spiro atoms. The summed E-state index contributed by atoms with van der Waals surface area (Å²) in [4.78, 5) is 0. The first-order valence-electron chi connectivity index (χ1n) is 4.99. The summed E-state index contributed by atoms with van der Waals surface area (Å²) >= 11 is 4.03. The highest BCUT2D eigenvalue weighted by molar-refractivity contribution is 9.10. The summed E-state index contributed by atoms with van der Waals surface area (Å²) in [5.74, 6) is 4.14. The van der Waals surface area contributed by atoms with Gasteiger partial charge in [-0.15, -0.1) is 0 Å². The minimum absolute atomic E-state index is 0.0414. The van der Waals surface area contributed by atoms with Crippen LogP contribution < -0.4 is 11.3 Å². The fourth-order valence-electron chi connectivity index (χ4n) is 1.53. The van der Waals surface area contributed by atoms with Crippen molar-refractivity contribution in [2.75, 3.05) is 0 Å². The molecule has 18 heavy (non-hydrogen) atoms. The van der Waals surface area contributed by atoms with Crippen LogP contribution in [0.15, 0.2) is 22.8 Å². The molecule has 0 saturated heterocycles. The number of halogens is 3. The van der Waals surface area contributed by atoms with E-state index in [-0.39, 0.29) is 16.5 Å². The Labute approximate surface area is 115 Å². The third-order valence-corrected chi connectivity index (χ3v) is 3.59. The van der Waals surface area contributed by atoms with Crippen molar-refractivity contribution in [2.45, 2.75) is 12.5 Å². The molecule has 96 valence electrons. The molecule has 0 amide bonds. The van der Waals surface area contributed by atoms with Gasteiger partial charge in [-0.1, -0.05) is 0 Å². The zero-order valence-corrected chi connectivity index (χ0v) is 11.4. The highest BCUT2D eigenvalue weighted by Gasteiger charge is 2.19. The van der Waals surface area contributed by atoms with Crippen LogP contribution in [0.1, 0.15) is 17.3 Å². The topological polar surface area (TPSA) is 63.8 Å². The lowest BCUT2D eigenvalue weighted by molar-refractivity contribution is 0.493. The van der Waals surface area contributed by atoms with E-state index in [1.807, 2.05) is 0 Å². The van der Waals surface area contributed by atoms with Crippen molar-refractivity contribution < 1.29 is 8.78 Å². The van der Waals surface area contributed by atoms with Gasteiger partial charge >= 0.3 is 0 Å². The summed E-state index contributed by atoms with van der Waals surface area (Å²) < 4.78 is 35.5. The summed E-state index contributed by atoms with van der Waals surface area (Å²) in [7, 11) is 0. The second-order valence-corrected chi connectivity index (χ2v) is 4.99. The molecule has 0 aliphatic heterocycles. The van der Waals surface area contributed by atoms with Crippen LogP contribution in [-0.2, 0) is 6.42 Å². The molecule has 1 unspecified atom stereocenters. The average Bonchev–Trinajstić information content (AvgIpc) is 2.88. The van der Waals surface area contributed by atoms with Crippen molar-refractivity contribution in [3.05, 3.63) is 45.7 Å². The maximum atomic E-state index is 13.8. The summed E-state index contributed by atoms with van der Waals surface area (Å²) in [6.07, 6.45) is 1.57. The van der Waals surface area contributed by atoms with Crippen LogP contribution in [0.25, 0.3) is 0 Å². The number of nitrogens with one attached hydrogen (secondary N) is 1. The van der Waals surface area contributed by atoms with E-state index in [0.717, 1.165) is 11.7 Å². The molecule has 1 heterocycles. The molecule has 1 atom stereocenters. The molecule has 0 aliphatic carbocycles. The van der Waals surface area contributed by atoms with Crippen LogP contribution in [0.4, 0.5) is 8.78 Å². The number of hydrogen-bond acceptors (Lipinski definition) is 5. The van der Waals surface area contributed by atoms with E-state index in [4.69, 9.17) is 5.84 Å². The molecule has 4 nitrogen and oxygen atoms in total. The fourth-order valence-corrected chi connectivity index (χ4v) is 2.38. The van der Waals surface area contributed by atoms with E-state index in [0.29, 0.717) is 5.69 Å². The fraction of sp³-hybridized carbons (Fsp3) is 0.200. The van der Waals surface area contributed by atoms with Gasteiger partial charge in [0.05, 0.1) is 34.1 Å². The number of hydrogen-bond donors (Lipinski definition) is 2. The molecule has 2 aromatic rings. The molecule has 1 aromatic carbocycles. The van der Waals surface area contributed by atoms with E-state index >= 15 is 0 Å². The Bertz CT molecular complexity index is 535. The minimum atomic E-state index is -0.626. The molecular weight excluding hydrogens is 326 g/mol. The summed E-state index contributed by atoms with van der Waals surface area (Å²) in [5, 5.41) is 0. The van der Waals surface area contributed by atoms with Crippen LogP contribution >= 0.6 is 27.7 Å². The SMILES string of the molecule is NNC(Cc1c(F)ccc(Br)c1F)c1cnsn1. The van der Waals surface area contributed by atoms with Crippen molar-refractivity contribution in [1.29, 1.82) is 0 Å². The minimum Gasteiger partial charge on any atom is -0.271 e. The third-order valence-electron chi connectivity index (χ3n) is 2.48. The largest absolute Gasteiger partial charge is 0.271 e. The van der Waals surface area contributed by atoms with Gasteiger partial charge in [0.2, 0.25) is 0 Å². The van der Waals surface area contributed by atoms with Crippen LogP contribution in [0.3, 0.4) is 0 Å². The second-order valence-electron chi connectivity index (χ2n) is 3.58. The molecule has 1 aromatic heterocycles. The lowest BCUT2D eigenvalue weighted by Crippen LogP contribution is -2.30. The van der Waals surface area contributed by atoms with Crippen LogP contribution in [0.5, 0.6) is 0 Å². The molecular formula is C10H9BrF2N4S. The van der Waals surface area contributed by atoms with Gasteiger partial charge in [-0.05, 0) is 28.1 Å². The van der Waals surface area contributed by atoms with Crippen LogP contribution in [0, 0.1) is 11.6 Å². The first-order chi connectivity index (χ1) is 8.63. The normalized spacial score (nSPS) is 12.7. The lowest BCUT2D eigenvalue weighted by Gasteiger charge is -2.14. The van der Waals surface area contributed by atoms with Gasteiger partial charge in [0.1, 0.15) is 11.6 Å². The van der Waals surface area contributed by atoms with Gasteiger partial charge in [0, 0.05) is 12.0 Å². The maximum Gasteiger partial charge on any atom is 0.143 e. The van der Waals surface area contributed by atoms with Gasteiger partial charge in [0.25, 0.3) is 0 Å². The Morgan fingerprint density at radius 3 is 2.83 bits per heavy atom. The highest BCUT2D eigenvalue weighted by Crippen LogP contribution is 2.25. The van der Waals surface area contributed by atoms with Crippen molar-refractivity contribution >= 4 is 27.7 Å². The van der Waals surface area contributed by atoms with E-state index in [1.165, 1.54) is 18.3 Å². The molecule has 2 rings (SSSR count). The Morgan fingerprint density at radius 1 is 1.44 bits per heavy atom. The van der Waals surface area contributed by atoms with E-state index in [9.17, 15) is 8.78 Å². The second kappa shape index (κ2) is 5.79. The van der Waals surface area contributed by atoms with Crippen molar-refractivity contribution in [1.82, 2.24) is 14.2 Å². The maximum absolute atomic E-state index is 13.8. The zero-order chi connectivity index (χ0) is 13.1. The Kier molecular flexibility index (Phi) is 4.33. The molecule has 0 fully saturated rings. The molecule has 0 aliphatic rings. The van der Waals surface area contributed by atoms with Gasteiger partial charge < -0.3 is 0 Å². The number of nitrogens with zero attached hydrogens (tertiary/aromatic N) is 2. The van der Waals surface area contributed by atoms with E-state index in [2.05, 4.69) is 30.1 Å². The van der Waals surface area contributed by atoms with Gasteiger partial charge in [-0.25, -0.2) is 8.78 Å². The number of nitrogens with two attached hydrogens (primary N) is 1.